The molecule has 9 nitrogen and oxygen atoms in total. The number of rotatable bonds is 5. The highest BCUT2D eigenvalue weighted by molar-refractivity contribution is 5.77. The molecule has 1 aromatic carbocycles. The summed E-state index contributed by atoms with van der Waals surface area (Å²) in [5.74, 6) is 1.03. The Morgan fingerprint density at radius 2 is 1.77 bits per heavy atom. The maximum absolute atomic E-state index is 13.0. The Labute approximate surface area is 197 Å². The van der Waals surface area contributed by atoms with Gasteiger partial charge in [-0.1, -0.05) is 24.3 Å². The summed E-state index contributed by atoms with van der Waals surface area (Å²) in [6.07, 6.45) is 1.25. The first-order chi connectivity index (χ1) is 16.7. The van der Waals surface area contributed by atoms with E-state index in [1.165, 1.54) is 25.1 Å². The van der Waals surface area contributed by atoms with Gasteiger partial charge in [0.1, 0.15) is 17.7 Å². The van der Waals surface area contributed by atoms with Gasteiger partial charge in [-0.25, -0.2) is 29.6 Å². The van der Waals surface area contributed by atoms with Crippen LogP contribution in [0.15, 0.2) is 49.2 Å². The number of methoxy groups -OCH3 is 1. The third kappa shape index (κ3) is 4.18. The lowest BCUT2D eigenvalue weighted by Crippen LogP contribution is -2.05. The van der Waals surface area contributed by atoms with E-state index in [1.54, 1.807) is 29.2 Å². The number of aromatic nitrogens is 8. The molecule has 0 atom stereocenters. The monoisotopic (exact) mass is 480 g/mol. The number of hydrogen-bond acceptors (Lipinski definition) is 7. The van der Waals surface area contributed by atoms with Gasteiger partial charge < -0.3 is 9.30 Å². The number of aryl methyl sites for hydroxylation is 2. The summed E-state index contributed by atoms with van der Waals surface area (Å²) in [6, 6.07) is 7.12. The molecule has 0 saturated heterocycles. The van der Waals surface area contributed by atoms with Crippen LogP contribution in [0.1, 0.15) is 17.0 Å². The van der Waals surface area contributed by atoms with Crippen LogP contribution in [0.25, 0.3) is 33.8 Å². The van der Waals surface area contributed by atoms with Gasteiger partial charge >= 0.3 is 6.18 Å². The summed E-state index contributed by atoms with van der Waals surface area (Å²) in [5.41, 5.74) is 2.44. The molecule has 35 heavy (non-hydrogen) atoms. The molecule has 0 saturated carbocycles. The first-order valence-electron chi connectivity index (χ1n) is 10.5. The lowest BCUT2D eigenvalue weighted by molar-refractivity contribution is -0.140. The van der Waals surface area contributed by atoms with Crippen molar-refractivity contribution in [2.24, 2.45) is 7.05 Å². The molecular weight excluding hydrogens is 461 g/mol. The van der Waals surface area contributed by atoms with E-state index in [1.807, 2.05) is 19.1 Å². The normalized spacial score (nSPS) is 11.8. The summed E-state index contributed by atoms with van der Waals surface area (Å²) >= 11 is 0. The second-order valence-electron chi connectivity index (χ2n) is 7.87. The highest BCUT2D eigenvalue weighted by Gasteiger charge is 2.34. The van der Waals surface area contributed by atoms with Gasteiger partial charge in [0, 0.05) is 25.0 Å². The summed E-state index contributed by atoms with van der Waals surface area (Å²) < 4.78 is 47.4. The van der Waals surface area contributed by atoms with E-state index in [4.69, 9.17) is 4.74 Å². The molecule has 0 aliphatic rings. The predicted molar refractivity (Wildman–Crippen MR) is 120 cm³/mol. The summed E-state index contributed by atoms with van der Waals surface area (Å²) in [7, 11) is 3.06. The highest BCUT2D eigenvalue weighted by Crippen LogP contribution is 2.31. The van der Waals surface area contributed by atoms with E-state index in [0.29, 0.717) is 40.7 Å². The van der Waals surface area contributed by atoms with Gasteiger partial charge in [-0.05, 0) is 12.5 Å². The molecule has 4 heterocycles. The van der Waals surface area contributed by atoms with Crippen molar-refractivity contribution in [3.8, 4) is 28.7 Å². The summed E-state index contributed by atoms with van der Waals surface area (Å²) in [6.45, 7) is 2.22. The van der Waals surface area contributed by atoms with Crippen molar-refractivity contribution in [2.45, 2.75) is 19.6 Å². The van der Waals surface area contributed by atoms with Gasteiger partial charge in [0.2, 0.25) is 5.88 Å². The van der Waals surface area contributed by atoms with Gasteiger partial charge in [-0.2, -0.15) is 18.3 Å². The van der Waals surface area contributed by atoms with Crippen LogP contribution in [-0.2, 0) is 19.8 Å². The fraction of sp³-hybridized carbons (Fsp3) is 0.217. The van der Waals surface area contributed by atoms with Crippen molar-refractivity contribution in [3.05, 3.63) is 66.1 Å². The Balaban J connectivity index is 1.45. The van der Waals surface area contributed by atoms with Crippen molar-refractivity contribution in [3.63, 3.8) is 0 Å². The molecule has 0 radical (unpaired) electrons. The number of benzene rings is 1. The van der Waals surface area contributed by atoms with Gasteiger partial charge in [-0.15, -0.1) is 0 Å². The fourth-order valence-electron chi connectivity index (χ4n) is 3.77. The van der Waals surface area contributed by atoms with Crippen LogP contribution >= 0.6 is 0 Å². The van der Waals surface area contributed by atoms with Gasteiger partial charge in [-0.3, -0.25) is 0 Å². The summed E-state index contributed by atoms with van der Waals surface area (Å²) in [5, 5.41) is 5.18. The third-order valence-corrected chi connectivity index (χ3v) is 5.51. The van der Waals surface area contributed by atoms with Crippen LogP contribution in [-0.4, -0.2) is 46.4 Å². The molecule has 178 valence electrons. The number of alkyl halides is 3. The van der Waals surface area contributed by atoms with Crippen LogP contribution in [0, 0.1) is 6.92 Å². The molecule has 4 aromatic heterocycles. The zero-order chi connectivity index (χ0) is 24.7. The number of imidazole rings is 1. The molecule has 0 bridgehead atoms. The molecule has 0 unspecified atom stereocenters. The zero-order valence-electron chi connectivity index (χ0n) is 18.9. The standard InChI is InChI=1S/C23H19F3N8O/c1-13-18(22(35-3)29-12-28-13)19-27-8-16-9-30-34(21(16)32-19)10-14-4-6-15(7-5-14)20-31-17(11-33(20)2)23(24,25)26/h4-9,11-12H,10H2,1-3H3. The minimum atomic E-state index is -4.49. The Bertz CT molecular complexity index is 1520. The Kier molecular flexibility index (Phi) is 5.42. The number of halogens is 3. The van der Waals surface area contributed by atoms with Crippen LogP contribution < -0.4 is 4.74 Å². The Hall–Kier alpha value is -4.35. The van der Waals surface area contributed by atoms with Gasteiger partial charge in [0.05, 0.1) is 30.9 Å². The number of hydrogen-bond donors (Lipinski definition) is 0. The van der Waals surface area contributed by atoms with Crippen LogP contribution in [0.5, 0.6) is 5.88 Å². The van der Waals surface area contributed by atoms with E-state index in [0.717, 1.165) is 17.1 Å². The lowest BCUT2D eigenvalue weighted by Gasteiger charge is -2.09. The molecule has 0 fully saturated rings. The first-order valence-corrected chi connectivity index (χ1v) is 10.5. The van der Waals surface area contributed by atoms with Crippen LogP contribution in [0.4, 0.5) is 13.2 Å². The average molecular weight is 480 g/mol. The SMILES string of the molecule is COc1ncnc(C)c1-c1ncc2cnn(Cc3ccc(-c4nc(C(F)(F)F)cn4C)cc3)c2n1. The zero-order valence-corrected chi connectivity index (χ0v) is 18.9. The maximum Gasteiger partial charge on any atom is 0.434 e. The van der Waals surface area contributed by atoms with Crippen molar-refractivity contribution in [2.75, 3.05) is 7.11 Å². The number of ether oxygens (including phenoxy) is 1. The molecule has 5 aromatic rings. The largest absolute Gasteiger partial charge is 0.480 e. The minimum Gasteiger partial charge on any atom is -0.480 e. The number of fused-ring (bicyclic) bond motifs is 1. The Morgan fingerprint density at radius 1 is 1.00 bits per heavy atom. The third-order valence-electron chi connectivity index (χ3n) is 5.51. The van der Waals surface area contributed by atoms with E-state index in [2.05, 4.69) is 30.0 Å². The Morgan fingerprint density at radius 3 is 2.46 bits per heavy atom. The van der Waals surface area contributed by atoms with Gasteiger partial charge in [0.25, 0.3) is 0 Å². The lowest BCUT2D eigenvalue weighted by atomic mass is 10.1. The summed E-state index contributed by atoms with van der Waals surface area (Å²) in [4.78, 5) is 21.2. The second-order valence-corrected chi connectivity index (χ2v) is 7.87. The van der Waals surface area contributed by atoms with Crippen molar-refractivity contribution >= 4 is 11.0 Å². The molecular formula is C23H19F3N8O. The molecule has 0 spiro atoms. The molecule has 12 heteroatoms. The molecule has 0 amide bonds. The fourth-order valence-corrected chi connectivity index (χ4v) is 3.77. The van der Waals surface area contributed by atoms with Gasteiger partial charge in [0.15, 0.2) is 17.2 Å². The van der Waals surface area contributed by atoms with E-state index < -0.39 is 11.9 Å². The van der Waals surface area contributed by atoms with Crippen LogP contribution in [0.2, 0.25) is 0 Å². The molecule has 0 N–H and O–H groups in total. The molecule has 0 aliphatic carbocycles. The first kappa shape index (κ1) is 22.4. The molecule has 5 rings (SSSR count). The van der Waals surface area contributed by atoms with E-state index in [-0.39, 0.29) is 5.82 Å². The number of nitrogens with zero attached hydrogens (tertiary/aromatic N) is 8. The topological polar surface area (TPSA) is 96.4 Å². The van der Waals surface area contributed by atoms with Crippen LogP contribution in [0.3, 0.4) is 0 Å². The van der Waals surface area contributed by atoms with Crippen molar-refractivity contribution in [1.29, 1.82) is 0 Å². The minimum absolute atomic E-state index is 0.236. The van der Waals surface area contributed by atoms with Crippen molar-refractivity contribution < 1.29 is 17.9 Å². The average Bonchev–Trinajstić information content (AvgIpc) is 3.42. The van der Waals surface area contributed by atoms with Crippen molar-refractivity contribution in [1.82, 2.24) is 39.3 Å². The molecule has 0 aliphatic heterocycles. The predicted octanol–water partition coefficient (Wildman–Crippen LogP) is 4.07. The maximum atomic E-state index is 13.0. The quantitative estimate of drug-likeness (QED) is 0.374. The highest BCUT2D eigenvalue weighted by atomic mass is 19.4. The van der Waals surface area contributed by atoms with E-state index >= 15 is 0 Å². The smallest absolute Gasteiger partial charge is 0.434 e. The second kappa shape index (κ2) is 8.46. The van der Waals surface area contributed by atoms with E-state index in [9.17, 15) is 13.2 Å².